The average molecular weight is 631 g/mol. The molecule has 11 nitrogen and oxygen atoms in total. The van der Waals surface area contributed by atoms with Gasteiger partial charge in [0.15, 0.2) is 0 Å². The number of nitro benzene ring substituents is 1. The molecule has 0 aliphatic carbocycles. The summed E-state index contributed by atoms with van der Waals surface area (Å²) in [6.07, 6.45) is 1.62. The molecule has 0 saturated carbocycles. The van der Waals surface area contributed by atoms with Gasteiger partial charge in [-0.05, 0) is 68.3 Å². The summed E-state index contributed by atoms with van der Waals surface area (Å²) in [5.41, 5.74) is 0.677. The van der Waals surface area contributed by atoms with Crippen molar-refractivity contribution in [1.82, 2.24) is 10.2 Å². The zero-order valence-corrected chi connectivity index (χ0v) is 26.0. The molecule has 0 bridgehead atoms. The highest BCUT2D eigenvalue weighted by Crippen LogP contribution is 2.29. The Hall–Kier alpha value is -4.16. The summed E-state index contributed by atoms with van der Waals surface area (Å²) in [5.74, 6) is -0.602. The fraction of sp³-hybridized carbons (Fsp3) is 0.333. The lowest BCUT2D eigenvalue weighted by atomic mass is 10.1. The number of aryl methyl sites for hydroxylation is 1. The molecule has 230 valence electrons. The van der Waals surface area contributed by atoms with Crippen molar-refractivity contribution in [3.05, 3.63) is 93.0 Å². The molecule has 0 unspecified atom stereocenters. The zero-order chi connectivity index (χ0) is 31.7. The topological polar surface area (TPSA) is 139 Å². The number of anilines is 1. The first-order chi connectivity index (χ1) is 20.4. The summed E-state index contributed by atoms with van der Waals surface area (Å²) < 4.78 is 34.1. The monoisotopic (exact) mass is 630 g/mol. The van der Waals surface area contributed by atoms with Crippen molar-refractivity contribution in [3.8, 4) is 5.75 Å². The van der Waals surface area contributed by atoms with Crippen LogP contribution >= 0.6 is 11.6 Å². The molecule has 0 aromatic heterocycles. The van der Waals surface area contributed by atoms with Crippen LogP contribution in [0.3, 0.4) is 0 Å². The van der Waals surface area contributed by atoms with Crippen LogP contribution < -0.4 is 14.4 Å². The van der Waals surface area contributed by atoms with Crippen LogP contribution in [-0.2, 0) is 26.2 Å². The highest BCUT2D eigenvalue weighted by atomic mass is 35.5. The maximum absolute atomic E-state index is 14.0. The van der Waals surface area contributed by atoms with Crippen LogP contribution in [0, 0.1) is 17.0 Å². The van der Waals surface area contributed by atoms with Crippen molar-refractivity contribution >= 4 is 44.8 Å². The Labute approximate surface area is 256 Å². The number of halogens is 1. The minimum Gasteiger partial charge on any atom is -0.497 e. The fourth-order valence-electron chi connectivity index (χ4n) is 4.30. The second kappa shape index (κ2) is 14.8. The summed E-state index contributed by atoms with van der Waals surface area (Å²) in [4.78, 5) is 38.9. The van der Waals surface area contributed by atoms with Crippen LogP contribution in [-0.4, -0.2) is 56.3 Å². The number of nitro groups is 1. The van der Waals surface area contributed by atoms with Gasteiger partial charge in [-0.25, -0.2) is 8.42 Å². The normalized spacial score (nSPS) is 11.8. The molecule has 0 saturated heterocycles. The highest BCUT2D eigenvalue weighted by molar-refractivity contribution is 7.92. The van der Waals surface area contributed by atoms with E-state index in [-0.39, 0.29) is 28.4 Å². The minimum absolute atomic E-state index is 0.0196. The standard InChI is InChI=1S/C30H35ClN4O7S/c1-5-6-16-32-30(37)22(3)33(19-23-8-7-9-24(31)17-23)29(36)20-34(25-11-13-26(42-4)14-12-25)43(40,41)27-15-10-21(2)28(18-27)35(38)39/h7-15,17-18,22H,5-6,16,19-20H2,1-4H3,(H,32,37)/t22-/m0/s1. The molecular weight excluding hydrogens is 596 g/mol. The van der Waals surface area contributed by atoms with Crippen LogP contribution in [0.15, 0.2) is 71.6 Å². The molecule has 3 aromatic carbocycles. The quantitative estimate of drug-likeness (QED) is 0.149. The van der Waals surface area contributed by atoms with E-state index in [0.717, 1.165) is 23.2 Å². The number of nitrogens with zero attached hydrogens (tertiary/aromatic N) is 3. The Kier molecular flexibility index (Phi) is 11.5. The van der Waals surface area contributed by atoms with E-state index in [2.05, 4.69) is 5.32 Å². The van der Waals surface area contributed by atoms with E-state index in [9.17, 15) is 28.1 Å². The number of amides is 2. The molecule has 0 aliphatic heterocycles. The van der Waals surface area contributed by atoms with Gasteiger partial charge in [0, 0.05) is 29.7 Å². The van der Waals surface area contributed by atoms with Gasteiger partial charge in [-0.15, -0.1) is 0 Å². The molecule has 0 radical (unpaired) electrons. The smallest absolute Gasteiger partial charge is 0.273 e. The number of sulfonamides is 1. The molecule has 3 aromatic rings. The lowest BCUT2D eigenvalue weighted by Crippen LogP contribution is -2.51. The van der Waals surface area contributed by atoms with Gasteiger partial charge in [-0.3, -0.25) is 24.0 Å². The molecule has 13 heteroatoms. The van der Waals surface area contributed by atoms with E-state index < -0.39 is 39.3 Å². The van der Waals surface area contributed by atoms with Crippen molar-refractivity contribution in [1.29, 1.82) is 0 Å². The Morgan fingerprint density at radius 3 is 2.40 bits per heavy atom. The summed E-state index contributed by atoms with van der Waals surface area (Å²) in [5, 5.41) is 14.8. The predicted octanol–water partition coefficient (Wildman–Crippen LogP) is 5.09. The second-order valence-electron chi connectivity index (χ2n) is 9.89. The van der Waals surface area contributed by atoms with Gasteiger partial charge in [-0.1, -0.05) is 43.1 Å². The third-order valence-corrected chi connectivity index (χ3v) is 8.85. The third kappa shape index (κ3) is 8.45. The number of methoxy groups -OCH3 is 1. The van der Waals surface area contributed by atoms with Gasteiger partial charge in [0.1, 0.15) is 18.3 Å². The zero-order valence-electron chi connectivity index (χ0n) is 24.4. The van der Waals surface area contributed by atoms with Crippen LogP contribution in [0.2, 0.25) is 5.02 Å². The first-order valence-corrected chi connectivity index (χ1v) is 15.4. The van der Waals surface area contributed by atoms with Gasteiger partial charge in [0.05, 0.1) is 22.6 Å². The van der Waals surface area contributed by atoms with E-state index in [4.69, 9.17) is 16.3 Å². The van der Waals surface area contributed by atoms with Crippen LogP contribution in [0.25, 0.3) is 0 Å². The Morgan fingerprint density at radius 2 is 1.79 bits per heavy atom. The largest absolute Gasteiger partial charge is 0.497 e. The van der Waals surface area contributed by atoms with Crippen molar-refractivity contribution < 1.29 is 27.7 Å². The summed E-state index contributed by atoms with van der Waals surface area (Å²) >= 11 is 6.17. The lowest BCUT2D eigenvalue weighted by Gasteiger charge is -2.32. The van der Waals surface area contributed by atoms with E-state index in [0.29, 0.717) is 22.9 Å². The Bertz CT molecular complexity index is 1560. The summed E-state index contributed by atoms with van der Waals surface area (Å²) in [6, 6.07) is 15.4. The minimum atomic E-state index is -4.50. The third-order valence-electron chi connectivity index (χ3n) is 6.84. The van der Waals surface area contributed by atoms with Gasteiger partial charge in [0.25, 0.3) is 15.7 Å². The molecule has 0 spiro atoms. The number of carbonyl (C=O) groups excluding carboxylic acids is 2. The molecule has 1 N–H and O–H groups in total. The number of ether oxygens (including phenoxy) is 1. The molecule has 0 aliphatic rings. The molecular formula is C30H35ClN4O7S. The van der Waals surface area contributed by atoms with E-state index in [1.54, 1.807) is 31.2 Å². The van der Waals surface area contributed by atoms with E-state index >= 15 is 0 Å². The van der Waals surface area contributed by atoms with Gasteiger partial charge < -0.3 is 15.0 Å². The molecule has 3 rings (SSSR count). The highest BCUT2D eigenvalue weighted by Gasteiger charge is 2.33. The van der Waals surface area contributed by atoms with Crippen molar-refractivity contribution in [2.75, 3.05) is 24.5 Å². The molecule has 1 atom stereocenters. The number of hydrogen-bond donors (Lipinski definition) is 1. The fourth-order valence-corrected chi connectivity index (χ4v) is 5.95. The first kappa shape index (κ1) is 33.3. The van der Waals surface area contributed by atoms with Gasteiger partial charge in [-0.2, -0.15) is 0 Å². The van der Waals surface area contributed by atoms with Crippen LogP contribution in [0.1, 0.15) is 37.8 Å². The first-order valence-electron chi connectivity index (χ1n) is 13.6. The van der Waals surface area contributed by atoms with E-state index in [1.807, 2.05) is 6.92 Å². The Morgan fingerprint density at radius 1 is 1.09 bits per heavy atom. The predicted molar refractivity (Wildman–Crippen MR) is 165 cm³/mol. The SMILES string of the molecule is CCCCNC(=O)[C@H](C)N(Cc1cccc(Cl)c1)C(=O)CN(c1ccc(OC)cc1)S(=O)(=O)c1ccc(C)c([N+](=O)[O-])c1. The molecule has 0 heterocycles. The number of nitrogens with one attached hydrogen (secondary N) is 1. The number of benzene rings is 3. The van der Waals surface area contributed by atoms with Crippen molar-refractivity contribution in [3.63, 3.8) is 0 Å². The van der Waals surface area contributed by atoms with Gasteiger partial charge >= 0.3 is 0 Å². The average Bonchev–Trinajstić information content (AvgIpc) is 2.98. The number of carbonyl (C=O) groups is 2. The summed E-state index contributed by atoms with van der Waals surface area (Å²) in [6.45, 7) is 4.77. The molecule has 0 fully saturated rings. The van der Waals surface area contributed by atoms with Crippen molar-refractivity contribution in [2.45, 2.75) is 51.1 Å². The number of rotatable bonds is 14. The number of unbranched alkanes of at least 4 members (excludes halogenated alkanes) is 1. The van der Waals surface area contributed by atoms with Gasteiger partial charge in [0.2, 0.25) is 11.8 Å². The Balaban J connectivity index is 2.07. The van der Waals surface area contributed by atoms with Crippen LogP contribution in [0.4, 0.5) is 11.4 Å². The molecule has 2 amide bonds. The summed E-state index contributed by atoms with van der Waals surface area (Å²) in [7, 11) is -3.04. The van der Waals surface area contributed by atoms with Crippen LogP contribution in [0.5, 0.6) is 5.75 Å². The number of hydrogen-bond acceptors (Lipinski definition) is 7. The van der Waals surface area contributed by atoms with Crippen molar-refractivity contribution in [2.24, 2.45) is 0 Å². The molecule has 43 heavy (non-hydrogen) atoms. The second-order valence-corrected chi connectivity index (χ2v) is 12.2. The lowest BCUT2D eigenvalue weighted by molar-refractivity contribution is -0.385. The maximum Gasteiger partial charge on any atom is 0.273 e. The maximum atomic E-state index is 14.0. The van der Waals surface area contributed by atoms with E-state index in [1.165, 1.54) is 55.3 Å².